The van der Waals surface area contributed by atoms with Gasteiger partial charge in [-0.05, 0) is 48.4 Å². The fourth-order valence-corrected chi connectivity index (χ4v) is 3.48. The lowest BCUT2D eigenvalue weighted by Gasteiger charge is -2.11. The van der Waals surface area contributed by atoms with Crippen molar-refractivity contribution in [3.8, 4) is 6.01 Å². The number of carbonyl (C=O) groups is 2. The Morgan fingerprint density at radius 1 is 1.12 bits per heavy atom. The van der Waals surface area contributed by atoms with E-state index in [0.29, 0.717) is 28.2 Å². The normalized spacial score (nSPS) is 10.7. The maximum absolute atomic E-state index is 12.9. The average Bonchev–Trinajstić information content (AvgIpc) is 2.83. The highest BCUT2D eigenvalue weighted by Gasteiger charge is 2.16. The molecule has 0 saturated carbocycles. The highest BCUT2D eigenvalue weighted by atomic mass is 35.5. The molecule has 4 rings (SSSR count). The Bertz CT molecular complexity index is 1470. The van der Waals surface area contributed by atoms with Crippen LogP contribution in [0.1, 0.15) is 31.8 Å². The van der Waals surface area contributed by atoms with Crippen molar-refractivity contribution in [2.75, 3.05) is 12.4 Å². The summed E-state index contributed by atoms with van der Waals surface area (Å²) in [6.07, 6.45) is 1.45. The molecule has 2 amide bonds. The van der Waals surface area contributed by atoms with E-state index in [9.17, 15) is 14.4 Å². The molecule has 0 aliphatic heterocycles. The number of carbonyl (C=O) groups excluding carboxylic acids is 2. The van der Waals surface area contributed by atoms with Crippen molar-refractivity contribution in [3.05, 3.63) is 92.4 Å². The minimum Gasteiger partial charge on any atom is -0.467 e. The first-order valence-corrected chi connectivity index (χ1v) is 10.6. The maximum Gasteiger partial charge on any atom is 0.318 e. The molecule has 2 aromatic heterocycles. The van der Waals surface area contributed by atoms with Gasteiger partial charge in [0.2, 0.25) is 0 Å². The van der Waals surface area contributed by atoms with Crippen LogP contribution >= 0.6 is 11.6 Å². The van der Waals surface area contributed by atoms with E-state index in [4.69, 9.17) is 16.3 Å². The zero-order valence-electron chi connectivity index (χ0n) is 18.3. The van der Waals surface area contributed by atoms with Gasteiger partial charge in [-0.1, -0.05) is 29.8 Å². The summed E-state index contributed by atoms with van der Waals surface area (Å²) < 4.78 is 4.95. The van der Waals surface area contributed by atoms with Crippen LogP contribution in [0.25, 0.3) is 11.0 Å². The molecule has 0 radical (unpaired) electrons. The second-order valence-electron chi connectivity index (χ2n) is 7.47. The largest absolute Gasteiger partial charge is 0.467 e. The van der Waals surface area contributed by atoms with Crippen LogP contribution in [0.15, 0.2) is 59.5 Å². The third kappa shape index (κ3) is 5.05. The molecule has 0 bridgehead atoms. The number of ether oxygens (including phenoxy) is 1. The van der Waals surface area contributed by atoms with Gasteiger partial charge in [-0.3, -0.25) is 14.4 Å². The van der Waals surface area contributed by atoms with E-state index >= 15 is 0 Å². The number of rotatable bonds is 6. The summed E-state index contributed by atoms with van der Waals surface area (Å²) in [6, 6.07) is 13.6. The molecule has 4 aromatic rings. The number of nitrogens with zero attached hydrogens (tertiary/aromatic N) is 2. The maximum atomic E-state index is 12.9. The van der Waals surface area contributed by atoms with Crippen LogP contribution in [0.4, 0.5) is 5.69 Å². The fourth-order valence-electron chi connectivity index (χ4n) is 3.26. The van der Waals surface area contributed by atoms with Crippen molar-refractivity contribution in [1.82, 2.24) is 20.3 Å². The first-order chi connectivity index (χ1) is 16.3. The van der Waals surface area contributed by atoms with Gasteiger partial charge >= 0.3 is 6.01 Å². The van der Waals surface area contributed by atoms with Gasteiger partial charge in [0.05, 0.1) is 7.11 Å². The van der Waals surface area contributed by atoms with Crippen LogP contribution in [0, 0.1) is 6.92 Å². The summed E-state index contributed by atoms with van der Waals surface area (Å²) in [6.45, 7) is 2.09. The molecule has 9 nitrogen and oxygen atoms in total. The molecule has 0 saturated heterocycles. The number of fused-ring (bicyclic) bond motifs is 1. The van der Waals surface area contributed by atoms with E-state index in [1.807, 2.05) is 6.07 Å². The van der Waals surface area contributed by atoms with E-state index in [0.717, 1.165) is 11.1 Å². The summed E-state index contributed by atoms with van der Waals surface area (Å²) in [4.78, 5) is 48.6. The number of pyridine rings is 1. The zero-order valence-corrected chi connectivity index (χ0v) is 19.1. The monoisotopic (exact) mass is 477 g/mol. The second-order valence-corrected chi connectivity index (χ2v) is 7.91. The Morgan fingerprint density at radius 3 is 2.71 bits per heavy atom. The van der Waals surface area contributed by atoms with Gasteiger partial charge in [0, 0.05) is 34.4 Å². The lowest BCUT2D eigenvalue weighted by atomic mass is 10.1. The Hall–Kier alpha value is -4.24. The van der Waals surface area contributed by atoms with Gasteiger partial charge in [0.15, 0.2) is 0 Å². The van der Waals surface area contributed by atoms with Gasteiger partial charge in [-0.25, -0.2) is 4.98 Å². The van der Waals surface area contributed by atoms with Crippen molar-refractivity contribution in [2.45, 2.75) is 13.5 Å². The highest BCUT2D eigenvalue weighted by molar-refractivity contribution is 6.30. The number of halogens is 1. The summed E-state index contributed by atoms with van der Waals surface area (Å²) in [5.41, 5.74) is 1.88. The smallest absolute Gasteiger partial charge is 0.318 e. The number of benzene rings is 2. The molecule has 0 unspecified atom stereocenters. The van der Waals surface area contributed by atoms with Crippen LogP contribution in [0.5, 0.6) is 6.01 Å². The van der Waals surface area contributed by atoms with Crippen molar-refractivity contribution >= 4 is 40.1 Å². The predicted octanol–water partition coefficient (Wildman–Crippen LogP) is 3.47. The molecule has 0 atom stereocenters. The standard InChI is InChI=1S/C24H20ClN5O4/c1-13-6-7-15(21(31)26-11-14-4-3-5-17(25)8-14)10-19(13)28-22(32)18-9-16-12-27-24(34-2)30-20(16)29-23(18)33/h3-10,12H,11H2,1-2H3,(H,26,31)(H,28,32)(H,27,29,30,33). The SMILES string of the molecule is COc1ncc2cc(C(=O)Nc3cc(C(=O)NCc4cccc(Cl)c4)ccc3C)c(=O)[nH]c2n1. The second kappa shape index (κ2) is 9.72. The van der Waals surface area contributed by atoms with Gasteiger partial charge in [0.1, 0.15) is 11.2 Å². The van der Waals surface area contributed by atoms with E-state index in [1.165, 1.54) is 19.4 Å². The van der Waals surface area contributed by atoms with Crippen LogP contribution in [-0.2, 0) is 6.54 Å². The Morgan fingerprint density at radius 2 is 1.94 bits per heavy atom. The summed E-state index contributed by atoms with van der Waals surface area (Å²) in [5, 5.41) is 6.59. The van der Waals surface area contributed by atoms with Crippen molar-refractivity contribution in [2.24, 2.45) is 0 Å². The predicted molar refractivity (Wildman–Crippen MR) is 128 cm³/mol. The molecule has 3 N–H and O–H groups in total. The van der Waals surface area contributed by atoms with Crippen LogP contribution in [0.2, 0.25) is 5.02 Å². The molecule has 0 aliphatic carbocycles. The molecular formula is C24H20ClN5O4. The zero-order chi connectivity index (χ0) is 24.2. The summed E-state index contributed by atoms with van der Waals surface area (Å²) in [7, 11) is 1.41. The fraction of sp³-hybridized carbons (Fsp3) is 0.125. The number of nitrogens with one attached hydrogen (secondary N) is 3. The molecule has 172 valence electrons. The molecule has 34 heavy (non-hydrogen) atoms. The molecular weight excluding hydrogens is 458 g/mol. The van der Waals surface area contributed by atoms with Gasteiger partial charge in [-0.2, -0.15) is 4.98 Å². The molecule has 0 fully saturated rings. The lowest BCUT2D eigenvalue weighted by molar-refractivity contribution is 0.0949. The minimum atomic E-state index is -0.626. The third-order valence-corrected chi connectivity index (χ3v) is 5.32. The number of anilines is 1. The van der Waals surface area contributed by atoms with Crippen molar-refractivity contribution < 1.29 is 14.3 Å². The Kier molecular flexibility index (Phi) is 6.55. The van der Waals surface area contributed by atoms with Gasteiger partial charge in [-0.15, -0.1) is 0 Å². The van der Waals surface area contributed by atoms with E-state index in [1.54, 1.807) is 43.3 Å². The van der Waals surface area contributed by atoms with E-state index in [-0.39, 0.29) is 23.1 Å². The number of hydrogen-bond donors (Lipinski definition) is 3. The minimum absolute atomic E-state index is 0.0985. The van der Waals surface area contributed by atoms with Gasteiger partial charge < -0.3 is 20.4 Å². The first kappa shape index (κ1) is 22.9. The number of H-pyrrole nitrogens is 1. The number of amides is 2. The van der Waals surface area contributed by atoms with Crippen LogP contribution < -0.4 is 20.9 Å². The number of aryl methyl sites for hydroxylation is 1. The number of aromatic nitrogens is 3. The topological polar surface area (TPSA) is 126 Å². The van der Waals surface area contributed by atoms with Crippen LogP contribution in [-0.4, -0.2) is 33.9 Å². The molecule has 0 aliphatic rings. The van der Waals surface area contributed by atoms with E-state index < -0.39 is 11.5 Å². The number of methoxy groups -OCH3 is 1. The van der Waals surface area contributed by atoms with Crippen molar-refractivity contribution in [1.29, 1.82) is 0 Å². The quantitative estimate of drug-likeness (QED) is 0.390. The molecule has 0 spiro atoms. The number of aromatic amines is 1. The average molecular weight is 478 g/mol. The molecule has 2 heterocycles. The molecule has 2 aromatic carbocycles. The van der Waals surface area contributed by atoms with E-state index in [2.05, 4.69) is 25.6 Å². The number of hydrogen-bond acceptors (Lipinski definition) is 6. The summed E-state index contributed by atoms with van der Waals surface area (Å²) in [5.74, 6) is -0.941. The highest BCUT2D eigenvalue weighted by Crippen LogP contribution is 2.19. The van der Waals surface area contributed by atoms with Crippen LogP contribution in [0.3, 0.4) is 0 Å². The Labute approximate surface area is 199 Å². The lowest BCUT2D eigenvalue weighted by Crippen LogP contribution is -2.25. The van der Waals surface area contributed by atoms with Gasteiger partial charge in [0.25, 0.3) is 17.4 Å². The third-order valence-electron chi connectivity index (χ3n) is 5.09. The Balaban J connectivity index is 1.53. The first-order valence-electron chi connectivity index (χ1n) is 10.2. The van der Waals surface area contributed by atoms with Crippen molar-refractivity contribution in [3.63, 3.8) is 0 Å². The molecule has 10 heteroatoms. The summed E-state index contributed by atoms with van der Waals surface area (Å²) >= 11 is 5.98.